The van der Waals surface area contributed by atoms with Crippen molar-refractivity contribution in [2.45, 2.75) is 30.6 Å². The standard InChI is InChI=1S/C20H28N4O3S/c1-22-10-12-23(13-11-22)20(25)19-15-16-14-17(6-7-18(16)21-19)28(26,27)24-8-4-2-3-5-9-24/h6-7,14-15,21H,2-5,8-13H2,1H3. The number of sulfonamides is 1. The topological polar surface area (TPSA) is 76.7 Å². The molecular weight excluding hydrogens is 376 g/mol. The van der Waals surface area contributed by atoms with Gasteiger partial charge in [0, 0.05) is 50.2 Å². The second-order valence-electron chi connectivity index (χ2n) is 7.85. The lowest BCUT2D eigenvalue weighted by atomic mass is 10.2. The van der Waals surface area contributed by atoms with Crippen molar-refractivity contribution >= 4 is 26.8 Å². The van der Waals surface area contributed by atoms with Crippen LogP contribution in [0.1, 0.15) is 36.2 Å². The average Bonchev–Trinajstić information content (AvgIpc) is 2.91. The lowest BCUT2D eigenvalue weighted by molar-refractivity contribution is 0.0659. The van der Waals surface area contributed by atoms with Crippen LogP contribution in [0.4, 0.5) is 0 Å². The smallest absolute Gasteiger partial charge is 0.270 e. The monoisotopic (exact) mass is 404 g/mol. The van der Waals surface area contributed by atoms with Crippen LogP contribution in [0.5, 0.6) is 0 Å². The molecule has 2 aliphatic heterocycles. The highest BCUT2D eigenvalue weighted by atomic mass is 32.2. The predicted molar refractivity (Wildman–Crippen MR) is 109 cm³/mol. The first-order chi connectivity index (χ1) is 13.4. The van der Waals surface area contributed by atoms with Gasteiger partial charge in [0.2, 0.25) is 10.0 Å². The third-order valence-corrected chi connectivity index (χ3v) is 7.71. The number of nitrogens with zero attached hydrogens (tertiary/aromatic N) is 3. The largest absolute Gasteiger partial charge is 0.351 e. The van der Waals surface area contributed by atoms with Crippen molar-refractivity contribution < 1.29 is 13.2 Å². The van der Waals surface area contributed by atoms with E-state index < -0.39 is 10.0 Å². The lowest BCUT2D eigenvalue weighted by Gasteiger charge is -2.32. The van der Waals surface area contributed by atoms with E-state index in [-0.39, 0.29) is 5.91 Å². The van der Waals surface area contributed by atoms with Crippen molar-refractivity contribution in [1.82, 2.24) is 19.1 Å². The molecule has 1 aromatic heterocycles. The Balaban J connectivity index is 1.58. The summed E-state index contributed by atoms with van der Waals surface area (Å²) in [5.74, 6) is -0.0266. The van der Waals surface area contributed by atoms with E-state index in [0.29, 0.717) is 36.8 Å². The second kappa shape index (κ2) is 7.85. The van der Waals surface area contributed by atoms with Gasteiger partial charge in [-0.2, -0.15) is 4.31 Å². The Kier molecular flexibility index (Phi) is 5.44. The number of nitrogens with one attached hydrogen (secondary N) is 1. The fourth-order valence-corrected chi connectivity index (χ4v) is 5.55. The molecule has 3 heterocycles. The van der Waals surface area contributed by atoms with Gasteiger partial charge in [-0.05, 0) is 44.2 Å². The normalized spacial score (nSPS) is 20.4. The average molecular weight is 405 g/mol. The van der Waals surface area contributed by atoms with Gasteiger partial charge in [-0.25, -0.2) is 8.42 Å². The Bertz CT molecular complexity index is 953. The molecule has 2 fully saturated rings. The van der Waals surface area contributed by atoms with Gasteiger partial charge < -0.3 is 14.8 Å². The molecule has 4 rings (SSSR count). The third-order valence-electron chi connectivity index (χ3n) is 5.82. The minimum atomic E-state index is -3.50. The zero-order chi connectivity index (χ0) is 19.7. The van der Waals surface area contributed by atoms with E-state index in [2.05, 4.69) is 16.9 Å². The van der Waals surface area contributed by atoms with Crippen LogP contribution in [-0.2, 0) is 10.0 Å². The Morgan fingerprint density at radius 2 is 1.61 bits per heavy atom. The second-order valence-corrected chi connectivity index (χ2v) is 9.78. The van der Waals surface area contributed by atoms with Crippen molar-refractivity contribution in [3.8, 4) is 0 Å². The number of piperazine rings is 1. The Hall–Kier alpha value is -1.90. The molecular formula is C20H28N4O3S. The molecule has 0 spiro atoms. The maximum absolute atomic E-state index is 13.0. The van der Waals surface area contributed by atoms with E-state index in [4.69, 9.17) is 0 Å². The van der Waals surface area contributed by atoms with Gasteiger partial charge in [0.1, 0.15) is 5.69 Å². The minimum absolute atomic E-state index is 0.0266. The van der Waals surface area contributed by atoms with E-state index >= 15 is 0 Å². The number of rotatable bonds is 3. The summed E-state index contributed by atoms with van der Waals surface area (Å²) < 4.78 is 27.7. The summed E-state index contributed by atoms with van der Waals surface area (Å²) in [7, 11) is -1.44. The molecule has 1 N–H and O–H groups in total. The van der Waals surface area contributed by atoms with Gasteiger partial charge in [0.25, 0.3) is 5.91 Å². The fraction of sp³-hybridized carbons (Fsp3) is 0.550. The SMILES string of the molecule is CN1CCN(C(=O)c2cc3cc(S(=O)(=O)N4CCCCCC4)ccc3[nH]2)CC1. The van der Waals surface area contributed by atoms with E-state index in [9.17, 15) is 13.2 Å². The van der Waals surface area contributed by atoms with Crippen LogP contribution < -0.4 is 0 Å². The van der Waals surface area contributed by atoms with Crippen molar-refractivity contribution in [3.63, 3.8) is 0 Å². The number of likely N-dealkylation sites (N-methyl/N-ethyl adjacent to an activating group) is 1. The number of hydrogen-bond donors (Lipinski definition) is 1. The third kappa shape index (κ3) is 3.81. The zero-order valence-corrected chi connectivity index (χ0v) is 17.2. The summed E-state index contributed by atoms with van der Waals surface area (Å²) in [6, 6.07) is 6.87. The van der Waals surface area contributed by atoms with Crippen molar-refractivity contribution in [2.75, 3.05) is 46.3 Å². The number of hydrogen-bond acceptors (Lipinski definition) is 4. The Morgan fingerprint density at radius 3 is 2.29 bits per heavy atom. The van der Waals surface area contributed by atoms with Gasteiger partial charge in [0.15, 0.2) is 0 Å². The van der Waals surface area contributed by atoms with Gasteiger partial charge in [0.05, 0.1) is 4.90 Å². The highest BCUT2D eigenvalue weighted by Gasteiger charge is 2.26. The number of benzene rings is 1. The molecule has 0 unspecified atom stereocenters. The number of H-pyrrole nitrogens is 1. The molecule has 152 valence electrons. The van der Waals surface area contributed by atoms with Gasteiger partial charge in [-0.15, -0.1) is 0 Å². The fourth-order valence-electron chi connectivity index (χ4n) is 4.00. The molecule has 2 aromatic rings. The first-order valence-electron chi connectivity index (χ1n) is 10.1. The highest BCUT2D eigenvalue weighted by Crippen LogP contribution is 2.25. The number of fused-ring (bicyclic) bond motifs is 1. The van der Waals surface area contributed by atoms with Crippen molar-refractivity contribution in [2.24, 2.45) is 0 Å². The maximum Gasteiger partial charge on any atom is 0.270 e. The molecule has 1 aromatic carbocycles. The van der Waals surface area contributed by atoms with Crippen LogP contribution in [0.2, 0.25) is 0 Å². The first-order valence-corrected chi connectivity index (χ1v) is 11.5. The molecule has 0 atom stereocenters. The number of aromatic amines is 1. The van der Waals surface area contributed by atoms with Gasteiger partial charge in [-0.1, -0.05) is 12.8 Å². The molecule has 0 aliphatic carbocycles. The van der Waals surface area contributed by atoms with Crippen molar-refractivity contribution in [1.29, 1.82) is 0 Å². The van der Waals surface area contributed by atoms with Crippen molar-refractivity contribution in [3.05, 3.63) is 30.0 Å². The van der Waals surface area contributed by atoms with E-state index in [1.54, 1.807) is 28.6 Å². The molecule has 0 saturated carbocycles. The van der Waals surface area contributed by atoms with E-state index in [1.165, 1.54) is 0 Å². The lowest BCUT2D eigenvalue weighted by Crippen LogP contribution is -2.47. The predicted octanol–water partition coefficient (Wildman–Crippen LogP) is 2.12. The first kappa shape index (κ1) is 19.4. The number of aromatic nitrogens is 1. The summed E-state index contributed by atoms with van der Waals surface area (Å²) in [6.07, 6.45) is 3.99. The number of carbonyl (C=O) groups is 1. The Morgan fingerprint density at radius 1 is 0.929 bits per heavy atom. The zero-order valence-electron chi connectivity index (χ0n) is 16.4. The van der Waals surface area contributed by atoms with Crippen LogP contribution in [-0.4, -0.2) is 79.7 Å². The molecule has 8 heteroatoms. The molecule has 28 heavy (non-hydrogen) atoms. The van der Waals surface area contributed by atoms with Crippen LogP contribution in [0.25, 0.3) is 10.9 Å². The quantitative estimate of drug-likeness (QED) is 0.850. The van der Waals surface area contributed by atoms with Crippen LogP contribution in [0, 0.1) is 0 Å². The molecule has 2 saturated heterocycles. The van der Waals surface area contributed by atoms with E-state index in [1.807, 2.05) is 4.90 Å². The van der Waals surface area contributed by atoms with E-state index in [0.717, 1.165) is 49.7 Å². The molecule has 0 radical (unpaired) electrons. The summed E-state index contributed by atoms with van der Waals surface area (Å²) in [4.78, 5) is 20.3. The van der Waals surface area contributed by atoms with Gasteiger partial charge in [-0.3, -0.25) is 4.79 Å². The molecule has 2 aliphatic rings. The summed E-state index contributed by atoms with van der Waals surface area (Å²) in [5.41, 5.74) is 1.30. The van der Waals surface area contributed by atoms with Crippen LogP contribution in [0.3, 0.4) is 0 Å². The number of carbonyl (C=O) groups excluding carboxylic acids is 1. The molecule has 7 nitrogen and oxygen atoms in total. The summed E-state index contributed by atoms with van der Waals surface area (Å²) >= 11 is 0. The summed E-state index contributed by atoms with van der Waals surface area (Å²) in [6.45, 7) is 4.31. The number of amides is 1. The molecule has 1 amide bonds. The molecule has 0 bridgehead atoms. The highest BCUT2D eigenvalue weighted by molar-refractivity contribution is 7.89. The summed E-state index contributed by atoms with van der Waals surface area (Å²) in [5, 5.41) is 0.758. The van der Waals surface area contributed by atoms with Crippen LogP contribution >= 0.6 is 0 Å². The van der Waals surface area contributed by atoms with Gasteiger partial charge >= 0.3 is 0 Å². The minimum Gasteiger partial charge on any atom is -0.351 e. The Labute approximate surface area is 166 Å². The van der Waals surface area contributed by atoms with Crippen LogP contribution in [0.15, 0.2) is 29.2 Å². The maximum atomic E-state index is 13.0.